The Kier molecular flexibility index (Phi) is 6.60. The molecule has 5 atom stereocenters. The predicted octanol–water partition coefficient (Wildman–Crippen LogP) is 6.24. The fraction of sp³-hybridized carbons (Fsp3) is 0.500. The average Bonchev–Trinajstić information content (AvgIpc) is 3.19. The van der Waals surface area contributed by atoms with Crippen LogP contribution in [0.2, 0.25) is 0 Å². The molecule has 0 amide bonds. The maximum atomic E-state index is 10.7. The van der Waals surface area contributed by atoms with Gasteiger partial charge >= 0.3 is 5.88 Å². The van der Waals surface area contributed by atoms with Gasteiger partial charge in [0.2, 0.25) is 0 Å². The first kappa shape index (κ1) is 25.6. The molecule has 1 heterocycles. The summed E-state index contributed by atoms with van der Waals surface area (Å²) in [6.45, 7) is 4.16. The number of hydrogen-bond acceptors (Lipinski definition) is 2. The van der Waals surface area contributed by atoms with Crippen LogP contribution in [0.3, 0.4) is 0 Å². The van der Waals surface area contributed by atoms with E-state index in [4.69, 9.17) is 4.74 Å². The molecule has 0 radical (unpaired) electrons. The number of aryl methyl sites for hydroxylation is 1. The Labute approximate surface area is 228 Å². The minimum Gasteiger partial charge on any atom is -0.405 e. The number of ether oxygens (including phenoxy) is 1. The lowest BCUT2D eigenvalue weighted by atomic mass is 9.55. The molecule has 4 heteroatoms. The molecule has 3 aliphatic carbocycles. The molecule has 2 saturated carbocycles. The highest BCUT2D eigenvalue weighted by molar-refractivity contribution is 5.41. The van der Waals surface area contributed by atoms with Gasteiger partial charge in [-0.25, -0.2) is 0 Å². The molecule has 0 saturated heterocycles. The van der Waals surface area contributed by atoms with Crippen LogP contribution in [0.15, 0.2) is 66.9 Å². The Bertz CT molecular complexity index is 1290. The predicted molar refractivity (Wildman–Crippen MR) is 151 cm³/mol. The van der Waals surface area contributed by atoms with Gasteiger partial charge in [0.25, 0.3) is 0 Å². The highest BCUT2D eigenvalue weighted by atomic mass is 16.5. The summed E-state index contributed by atoms with van der Waals surface area (Å²) in [6.07, 6.45) is 8.89. The average molecular weight is 513 g/mol. The Balaban J connectivity index is 1.18. The van der Waals surface area contributed by atoms with E-state index in [0.717, 1.165) is 54.4 Å². The van der Waals surface area contributed by atoms with Gasteiger partial charge in [-0.2, -0.15) is 4.57 Å². The summed E-state index contributed by atoms with van der Waals surface area (Å²) < 4.78 is 9.62. The van der Waals surface area contributed by atoms with Crippen molar-refractivity contribution >= 4 is 0 Å². The zero-order chi connectivity index (χ0) is 26.5. The second kappa shape index (κ2) is 9.81. The number of aromatic nitrogens is 1. The summed E-state index contributed by atoms with van der Waals surface area (Å²) in [5.41, 5.74) is 5.76. The molecule has 1 N–H and O–H groups in total. The third-order valence-corrected chi connectivity index (χ3v) is 9.80. The summed E-state index contributed by atoms with van der Waals surface area (Å²) in [5, 5.41) is 10.7. The van der Waals surface area contributed by atoms with E-state index >= 15 is 0 Å². The number of aliphatic hydroxyl groups excluding tert-OH is 1. The van der Waals surface area contributed by atoms with Crippen molar-refractivity contribution < 1.29 is 18.9 Å². The van der Waals surface area contributed by atoms with Crippen molar-refractivity contribution in [3.8, 4) is 11.6 Å². The molecule has 0 bridgehead atoms. The second-order valence-corrected chi connectivity index (χ2v) is 13.4. The molecular weight excluding hydrogens is 468 g/mol. The number of pyridine rings is 1. The summed E-state index contributed by atoms with van der Waals surface area (Å²) in [7, 11) is 6.67. The molecule has 6 rings (SSSR count). The Morgan fingerprint density at radius 2 is 1.74 bits per heavy atom. The van der Waals surface area contributed by atoms with Crippen LogP contribution in [0.1, 0.15) is 67.2 Å². The van der Waals surface area contributed by atoms with Crippen LogP contribution in [0.25, 0.3) is 0 Å². The summed E-state index contributed by atoms with van der Waals surface area (Å²) in [6, 6.07) is 22.0. The van der Waals surface area contributed by atoms with E-state index in [1.54, 1.807) is 0 Å². The number of hydrogen-bond donors (Lipinski definition) is 1. The first-order valence-corrected chi connectivity index (χ1v) is 14.6. The molecule has 0 aliphatic heterocycles. The minimum atomic E-state index is -0.108. The molecule has 3 aromatic rings. The lowest BCUT2D eigenvalue weighted by molar-refractivity contribution is -0.884. The van der Waals surface area contributed by atoms with Gasteiger partial charge in [0.15, 0.2) is 12.7 Å². The number of quaternary nitrogens is 1. The normalized spacial score (nSPS) is 28.3. The van der Waals surface area contributed by atoms with Gasteiger partial charge < -0.3 is 14.3 Å². The van der Waals surface area contributed by atoms with Gasteiger partial charge in [-0.3, -0.25) is 0 Å². The van der Waals surface area contributed by atoms with Crippen molar-refractivity contribution in [1.82, 2.24) is 0 Å². The van der Waals surface area contributed by atoms with E-state index in [1.165, 1.54) is 41.5 Å². The second-order valence-electron chi connectivity index (χ2n) is 13.4. The maximum absolute atomic E-state index is 10.7. The van der Waals surface area contributed by atoms with Crippen LogP contribution >= 0.6 is 0 Å². The van der Waals surface area contributed by atoms with Crippen LogP contribution < -0.4 is 9.30 Å². The monoisotopic (exact) mass is 512 g/mol. The van der Waals surface area contributed by atoms with Crippen LogP contribution in [0, 0.1) is 17.3 Å². The molecule has 3 aliphatic rings. The third kappa shape index (κ3) is 4.89. The van der Waals surface area contributed by atoms with Gasteiger partial charge in [0.05, 0.1) is 33.3 Å². The molecule has 1 aromatic heterocycles. The Morgan fingerprint density at radius 1 is 0.947 bits per heavy atom. The van der Waals surface area contributed by atoms with Gasteiger partial charge in [-0.05, 0) is 91.0 Å². The maximum Gasteiger partial charge on any atom is 0.373 e. The van der Waals surface area contributed by atoms with E-state index in [-0.39, 0.29) is 11.5 Å². The topological polar surface area (TPSA) is 33.3 Å². The van der Waals surface area contributed by atoms with Crippen molar-refractivity contribution in [1.29, 1.82) is 0 Å². The Morgan fingerprint density at radius 3 is 2.53 bits per heavy atom. The number of rotatable bonds is 6. The highest BCUT2D eigenvalue weighted by Gasteiger charge is 2.54. The number of fused-ring (bicyclic) bond motifs is 5. The van der Waals surface area contributed by atoms with Crippen LogP contribution in [-0.4, -0.2) is 36.8 Å². The van der Waals surface area contributed by atoms with Gasteiger partial charge in [0.1, 0.15) is 12.3 Å². The van der Waals surface area contributed by atoms with E-state index < -0.39 is 0 Å². The Hall–Kier alpha value is -2.69. The molecule has 0 unspecified atom stereocenters. The number of benzene rings is 2. The lowest BCUT2D eigenvalue weighted by Gasteiger charge is -2.50. The summed E-state index contributed by atoms with van der Waals surface area (Å²) in [5.74, 6) is 3.82. The first-order valence-electron chi connectivity index (χ1n) is 14.6. The fourth-order valence-electron chi connectivity index (χ4n) is 7.89. The van der Waals surface area contributed by atoms with Gasteiger partial charge in [0, 0.05) is 17.2 Å². The molecular formula is C34H44N2O2+2. The van der Waals surface area contributed by atoms with E-state index in [0.29, 0.717) is 11.8 Å². The van der Waals surface area contributed by atoms with Crippen LogP contribution in [0.4, 0.5) is 0 Å². The summed E-state index contributed by atoms with van der Waals surface area (Å²) >= 11 is 0. The number of nitrogens with zero attached hydrogens (tertiary/aromatic N) is 2. The van der Waals surface area contributed by atoms with Crippen molar-refractivity contribution in [3.63, 3.8) is 0 Å². The smallest absolute Gasteiger partial charge is 0.373 e. The van der Waals surface area contributed by atoms with Crippen molar-refractivity contribution in [2.75, 3.05) is 21.1 Å². The van der Waals surface area contributed by atoms with Crippen LogP contribution in [0.5, 0.6) is 11.6 Å². The quantitative estimate of drug-likeness (QED) is 0.313. The molecule has 0 spiro atoms. The van der Waals surface area contributed by atoms with Crippen molar-refractivity contribution in [2.24, 2.45) is 17.3 Å². The zero-order valence-electron chi connectivity index (χ0n) is 23.6. The number of aliphatic hydroxyl groups is 1. The minimum absolute atomic E-state index is 0.108. The van der Waals surface area contributed by atoms with E-state index in [9.17, 15) is 5.11 Å². The molecule has 4 nitrogen and oxygen atoms in total. The van der Waals surface area contributed by atoms with E-state index in [1.807, 2.05) is 6.07 Å². The van der Waals surface area contributed by atoms with Gasteiger partial charge in [-0.1, -0.05) is 37.3 Å². The van der Waals surface area contributed by atoms with Crippen LogP contribution in [-0.2, 0) is 19.5 Å². The third-order valence-electron chi connectivity index (χ3n) is 9.80. The molecule has 2 aromatic carbocycles. The largest absolute Gasteiger partial charge is 0.405 e. The molecule has 38 heavy (non-hydrogen) atoms. The molecule has 200 valence electrons. The van der Waals surface area contributed by atoms with E-state index in [2.05, 4.69) is 93.4 Å². The van der Waals surface area contributed by atoms with Crippen molar-refractivity contribution in [3.05, 3.63) is 89.1 Å². The zero-order valence-corrected chi connectivity index (χ0v) is 23.6. The summed E-state index contributed by atoms with van der Waals surface area (Å²) in [4.78, 5) is 0. The van der Waals surface area contributed by atoms with Gasteiger partial charge in [-0.15, -0.1) is 0 Å². The first-order chi connectivity index (χ1) is 18.2. The molecule has 2 fully saturated rings. The highest BCUT2D eigenvalue weighted by Crippen LogP contribution is 2.60. The SMILES string of the molecule is C[C@]12CC[C@@H]3c4ccc(Oc5cccc[n+]5Cc5ccc(C[N+](C)(C)C)cc5)cc4CC[C@H]3[C@@H]1CC[C@@H]2O. The standard InChI is InChI=1S/C34H44N2O2/c1-34-19-18-29-28-15-13-27(21-26(28)12-14-30(29)31(34)16-17-32(34)37)38-33-7-5-6-20-35(33)22-24-8-10-25(11-9-24)23-36(2,3)4/h5-11,13,15,20-21,29-32,37H,12,14,16-19,22-23H2,1-4H3/q+2/t29-,30-,31+,32+,34+/m1/s1. The lowest BCUT2D eigenvalue weighted by Crippen LogP contribution is -2.43. The van der Waals surface area contributed by atoms with Crippen molar-refractivity contribution in [2.45, 2.75) is 70.6 Å². The fourth-order valence-corrected chi connectivity index (χ4v) is 7.89.